The first kappa shape index (κ1) is 18.1. The lowest BCUT2D eigenvalue weighted by Gasteiger charge is -2.32. The van der Waals surface area contributed by atoms with Crippen molar-refractivity contribution in [3.05, 3.63) is 23.8 Å². The van der Waals surface area contributed by atoms with Gasteiger partial charge in [-0.15, -0.1) is 0 Å². The van der Waals surface area contributed by atoms with Gasteiger partial charge in [0.1, 0.15) is 0 Å². The van der Waals surface area contributed by atoms with Crippen molar-refractivity contribution in [3.63, 3.8) is 0 Å². The molecule has 1 unspecified atom stereocenters. The van der Waals surface area contributed by atoms with Gasteiger partial charge in [0.05, 0.1) is 7.11 Å². The number of carbonyl (C=O) groups excluding carboxylic acids is 1. The van der Waals surface area contributed by atoms with Gasteiger partial charge < -0.3 is 19.5 Å². The molecule has 1 aromatic carbocycles. The highest BCUT2D eigenvalue weighted by molar-refractivity contribution is 5.78. The van der Waals surface area contributed by atoms with Crippen molar-refractivity contribution in [2.24, 2.45) is 5.92 Å². The number of piperidine rings is 1. The second-order valence-corrected chi connectivity index (χ2v) is 6.22. The van der Waals surface area contributed by atoms with Gasteiger partial charge in [0.15, 0.2) is 18.1 Å². The Balaban J connectivity index is 1.87. The van der Waals surface area contributed by atoms with Crippen LogP contribution in [-0.4, -0.2) is 48.7 Å². The summed E-state index contributed by atoms with van der Waals surface area (Å²) in [5, 5.41) is 8.79. The van der Waals surface area contributed by atoms with Crippen LogP contribution in [0.15, 0.2) is 18.2 Å². The van der Waals surface area contributed by atoms with E-state index in [1.807, 2.05) is 19.1 Å². The summed E-state index contributed by atoms with van der Waals surface area (Å²) in [5.41, 5.74) is 1.06. The number of hydrogen-bond acceptors (Lipinski definition) is 4. The molecule has 0 bridgehead atoms. The van der Waals surface area contributed by atoms with Crippen molar-refractivity contribution in [2.45, 2.75) is 32.6 Å². The van der Waals surface area contributed by atoms with E-state index >= 15 is 0 Å². The fourth-order valence-corrected chi connectivity index (χ4v) is 2.98. The number of benzene rings is 1. The van der Waals surface area contributed by atoms with Gasteiger partial charge in [0, 0.05) is 19.5 Å². The lowest BCUT2D eigenvalue weighted by molar-refractivity contribution is -0.137. The molecule has 1 aliphatic rings. The lowest BCUT2D eigenvalue weighted by atomic mass is 9.93. The largest absolute Gasteiger partial charge is 0.493 e. The van der Waals surface area contributed by atoms with Crippen LogP contribution in [0.1, 0.15) is 31.2 Å². The normalized spacial score (nSPS) is 17.4. The topological polar surface area (TPSA) is 76.1 Å². The van der Waals surface area contributed by atoms with Crippen molar-refractivity contribution in [3.8, 4) is 11.5 Å². The minimum Gasteiger partial charge on any atom is -0.493 e. The van der Waals surface area contributed by atoms with E-state index in [4.69, 9.17) is 14.6 Å². The summed E-state index contributed by atoms with van der Waals surface area (Å²) < 4.78 is 10.9. The summed E-state index contributed by atoms with van der Waals surface area (Å²) >= 11 is 0. The molecule has 1 heterocycles. The van der Waals surface area contributed by atoms with E-state index in [2.05, 4.69) is 0 Å². The Hall–Kier alpha value is -2.24. The number of hydrogen-bond donors (Lipinski definition) is 1. The minimum absolute atomic E-state index is 0.0366. The molecule has 1 N–H and O–H groups in total. The van der Waals surface area contributed by atoms with Crippen LogP contribution in [0.5, 0.6) is 11.5 Å². The molecule has 0 aromatic heterocycles. The Labute approximate surface area is 142 Å². The first-order valence-corrected chi connectivity index (χ1v) is 8.26. The summed E-state index contributed by atoms with van der Waals surface area (Å²) in [6, 6.07) is 5.57. The first-order chi connectivity index (χ1) is 11.5. The average Bonchev–Trinajstić information content (AvgIpc) is 2.58. The fourth-order valence-electron chi connectivity index (χ4n) is 2.98. The SMILES string of the molecule is COc1cc(C)ccc1OCC(=O)N1CCCC(CCC(=O)O)C1. The maximum absolute atomic E-state index is 12.4. The predicted molar refractivity (Wildman–Crippen MR) is 89.4 cm³/mol. The van der Waals surface area contributed by atoms with Crippen LogP contribution in [-0.2, 0) is 9.59 Å². The molecule has 132 valence electrons. The smallest absolute Gasteiger partial charge is 0.303 e. The van der Waals surface area contributed by atoms with Crippen molar-refractivity contribution >= 4 is 11.9 Å². The van der Waals surface area contributed by atoms with Gasteiger partial charge >= 0.3 is 5.97 Å². The number of carboxylic acid groups (broad SMARTS) is 1. The zero-order chi connectivity index (χ0) is 17.5. The molecule has 6 nitrogen and oxygen atoms in total. The van der Waals surface area contributed by atoms with Gasteiger partial charge in [-0.05, 0) is 49.8 Å². The Morgan fingerprint density at radius 1 is 1.33 bits per heavy atom. The monoisotopic (exact) mass is 335 g/mol. The molecular weight excluding hydrogens is 310 g/mol. The van der Waals surface area contributed by atoms with E-state index in [0.29, 0.717) is 31.0 Å². The number of rotatable bonds is 7. The van der Waals surface area contributed by atoms with Crippen molar-refractivity contribution in [1.82, 2.24) is 4.90 Å². The number of carboxylic acids is 1. The van der Waals surface area contributed by atoms with Crippen LogP contribution in [0.4, 0.5) is 0 Å². The molecule has 6 heteroatoms. The number of aryl methyl sites for hydroxylation is 1. The predicted octanol–water partition coefficient (Wildman–Crippen LogP) is 2.49. The van der Waals surface area contributed by atoms with Gasteiger partial charge in [-0.25, -0.2) is 0 Å². The summed E-state index contributed by atoms with van der Waals surface area (Å²) in [6.45, 7) is 3.24. The number of carbonyl (C=O) groups is 2. The molecule has 1 aromatic rings. The number of nitrogens with zero attached hydrogens (tertiary/aromatic N) is 1. The second-order valence-electron chi connectivity index (χ2n) is 6.22. The molecule has 1 aliphatic heterocycles. The van der Waals surface area contributed by atoms with E-state index in [1.54, 1.807) is 18.1 Å². The van der Waals surface area contributed by atoms with E-state index in [1.165, 1.54) is 0 Å². The fraction of sp³-hybridized carbons (Fsp3) is 0.556. The highest BCUT2D eigenvalue weighted by atomic mass is 16.5. The molecule has 1 atom stereocenters. The number of ether oxygens (including phenoxy) is 2. The zero-order valence-corrected chi connectivity index (χ0v) is 14.3. The summed E-state index contributed by atoms with van der Waals surface area (Å²) in [6.07, 6.45) is 2.66. The Morgan fingerprint density at radius 2 is 2.12 bits per heavy atom. The van der Waals surface area contributed by atoms with Gasteiger partial charge in [0.2, 0.25) is 0 Å². The third kappa shape index (κ3) is 5.15. The molecule has 24 heavy (non-hydrogen) atoms. The Kier molecular flexibility index (Phi) is 6.46. The van der Waals surface area contributed by atoms with E-state index in [0.717, 1.165) is 18.4 Å². The van der Waals surface area contributed by atoms with Crippen molar-refractivity contribution in [2.75, 3.05) is 26.8 Å². The van der Waals surface area contributed by atoms with Crippen LogP contribution in [0.3, 0.4) is 0 Å². The quantitative estimate of drug-likeness (QED) is 0.828. The maximum Gasteiger partial charge on any atom is 0.303 e. The standard InChI is InChI=1S/C18H25NO5/c1-13-5-7-15(16(10-13)23-2)24-12-17(20)19-9-3-4-14(11-19)6-8-18(21)22/h5,7,10,14H,3-4,6,8-9,11-12H2,1-2H3,(H,21,22). The summed E-state index contributed by atoms with van der Waals surface area (Å²) in [4.78, 5) is 24.8. The summed E-state index contributed by atoms with van der Waals surface area (Å²) in [5.74, 6) is 0.565. The number of aliphatic carboxylic acids is 1. The highest BCUT2D eigenvalue weighted by Crippen LogP contribution is 2.28. The first-order valence-electron chi connectivity index (χ1n) is 8.26. The van der Waals surface area contributed by atoms with E-state index in [9.17, 15) is 9.59 Å². The van der Waals surface area contributed by atoms with Crippen LogP contribution >= 0.6 is 0 Å². The van der Waals surface area contributed by atoms with Crippen molar-refractivity contribution in [1.29, 1.82) is 0 Å². The minimum atomic E-state index is -0.784. The molecule has 1 saturated heterocycles. The van der Waals surface area contributed by atoms with Crippen LogP contribution < -0.4 is 9.47 Å². The van der Waals surface area contributed by atoms with Crippen LogP contribution in [0.25, 0.3) is 0 Å². The molecule has 1 fully saturated rings. The van der Waals surface area contributed by atoms with E-state index < -0.39 is 5.97 Å². The molecular formula is C18H25NO5. The average molecular weight is 335 g/mol. The van der Waals surface area contributed by atoms with Crippen molar-refractivity contribution < 1.29 is 24.2 Å². The molecule has 2 rings (SSSR count). The third-order valence-corrected chi connectivity index (χ3v) is 4.31. The number of methoxy groups -OCH3 is 1. The van der Waals surface area contributed by atoms with Gasteiger partial charge in [0.25, 0.3) is 5.91 Å². The Bertz CT molecular complexity index is 587. The number of amides is 1. The molecule has 0 aliphatic carbocycles. The van der Waals surface area contributed by atoms with E-state index in [-0.39, 0.29) is 24.9 Å². The lowest BCUT2D eigenvalue weighted by Crippen LogP contribution is -2.42. The zero-order valence-electron chi connectivity index (χ0n) is 14.3. The third-order valence-electron chi connectivity index (χ3n) is 4.31. The van der Waals surface area contributed by atoms with Crippen LogP contribution in [0, 0.1) is 12.8 Å². The van der Waals surface area contributed by atoms with Crippen LogP contribution in [0.2, 0.25) is 0 Å². The molecule has 0 saturated carbocycles. The molecule has 1 amide bonds. The molecule has 0 spiro atoms. The van der Waals surface area contributed by atoms with Gasteiger partial charge in [-0.3, -0.25) is 9.59 Å². The van der Waals surface area contributed by atoms with Gasteiger partial charge in [-0.1, -0.05) is 6.07 Å². The van der Waals surface area contributed by atoms with Gasteiger partial charge in [-0.2, -0.15) is 0 Å². The highest BCUT2D eigenvalue weighted by Gasteiger charge is 2.24. The Morgan fingerprint density at radius 3 is 2.83 bits per heavy atom. The summed E-state index contributed by atoms with van der Waals surface area (Å²) in [7, 11) is 1.57. The molecule has 0 radical (unpaired) electrons. The maximum atomic E-state index is 12.4. The number of likely N-dealkylation sites (tertiary alicyclic amines) is 1. The second kappa shape index (κ2) is 8.57.